The first-order chi connectivity index (χ1) is 15.8. The summed E-state index contributed by atoms with van der Waals surface area (Å²) in [5, 5.41) is 2.48. The van der Waals surface area contributed by atoms with E-state index >= 15 is 0 Å². The number of aryl methyl sites for hydroxylation is 1. The summed E-state index contributed by atoms with van der Waals surface area (Å²) in [5.74, 6) is -0.844. The van der Waals surface area contributed by atoms with E-state index in [1.54, 1.807) is 26.1 Å². The maximum absolute atomic E-state index is 14.8. The van der Waals surface area contributed by atoms with Crippen LogP contribution in [0.5, 0.6) is 0 Å². The topological polar surface area (TPSA) is 100 Å². The van der Waals surface area contributed by atoms with Crippen LogP contribution in [0.25, 0.3) is 16.5 Å². The molecule has 1 aliphatic heterocycles. The van der Waals surface area contributed by atoms with Crippen LogP contribution < -0.4 is 16.6 Å². The number of aromatic nitrogens is 3. The van der Waals surface area contributed by atoms with Crippen molar-refractivity contribution in [1.29, 1.82) is 0 Å². The third-order valence-corrected chi connectivity index (χ3v) is 6.00. The molecule has 0 bridgehead atoms. The summed E-state index contributed by atoms with van der Waals surface area (Å²) in [5.41, 5.74) is 3.12. The van der Waals surface area contributed by atoms with Crippen molar-refractivity contribution >= 4 is 22.4 Å². The molecule has 1 aromatic carbocycles. The summed E-state index contributed by atoms with van der Waals surface area (Å²) in [6.07, 6.45) is 2.90. The van der Waals surface area contributed by atoms with Crippen molar-refractivity contribution < 1.29 is 9.18 Å². The molecule has 2 N–H and O–H groups in total. The number of H-pyrrole nitrogens is 1. The van der Waals surface area contributed by atoms with Crippen molar-refractivity contribution in [1.82, 2.24) is 24.8 Å². The molecule has 4 rings (SSSR count). The number of pyridine rings is 1. The molecular formula is C24H26FN5O3. The van der Waals surface area contributed by atoms with Crippen molar-refractivity contribution in [2.24, 2.45) is 0 Å². The molecule has 33 heavy (non-hydrogen) atoms. The van der Waals surface area contributed by atoms with Gasteiger partial charge in [-0.2, -0.15) is 0 Å². The number of hydrogen-bond donors (Lipinski definition) is 2. The van der Waals surface area contributed by atoms with Crippen LogP contribution in [-0.4, -0.2) is 45.5 Å². The number of aromatic amines is 1. The third kappa shape index (κ3) is 4.36. The van der Waals surface area contributed by atoms with Gasteiger partial charge in [-0.25, -0.2) is 14.2 Å². The number of amides is 1. The van der Waals surface area contributed by atoms with E-state index < -0.39 is 17.1 Å². The number of carbonyl (C=O) groups excluding carboxylic acids is 1. The Morgan fingerprint density at radius 3 is 2.70 bits per heavy atom. The van der Waals surface area contributed by atoms with Crippen LogP contribution in [0.4, 0.5) is 4.39 Å². The van der Waals surface area contributed by atoms with Crippen molar-refractivity contribution in [3.8, 4) is 0 Å². The number of nitrogens with one attached hydrogen (secondary N) is 2. The van der Waals surface area contributed by atoms with Gasteiger partial charge in [0.1, 0.15) is 11.5 Å². The second-order valence-corrected chi connectivity index (χ2v) is 8.10. The summed E-state index contributed by atoms with van der Waals surface area (Å²) in [7, 11) is 1.57. The Bertz CT molecular complexity index is 1390. The molecule has 0 radical (unpaired) electrons. The molecule has 0 unspecified atom stereocenters. The van der Waals surface area contributed by atoms with Crippen LogP contribution >= 0.6 is 0 Å². The molecule has 3 heterocycles. The smallest absolute Gasteiger partial charge is 0.328 e. The molecule has 0 saturated heterocycles. The van der Waals surface area contributed by atoms with Gasteiger partial charge in [0.15, 0.2) is 0 Å². The van der Waals surface area contributed by atoms with Gasteiger partial charge in [-0.05, 0) is 55.2 Å². The molecule has 1 aliphatic rings. The minimum atomic E-state index is -0.628. The minimum absolute atomic E-state index is 0.0933. The highest BCUT2D eigenvalue weighted by Gasteiger charge is 2.18. The molecule has 1 amide bonds. The monoisotopic (exact) mass is 451 g/mol. The summed E-state index contributed by atoms with van der Waals surface area (Å²) in [4.78, 5) is 45.5. The van der Waals surface area contributed by atoms with Crippen LogP contribution in [0.3, 0.4) is 0 Å². The fraction of sp³-hybridized carbons (Fsp3) is 0.333. The summed E-state index contributed by atoms with van der Waals surface area (Å²) in [6.45, 7) is 5.65. The minimum Gasteiger partial charge on any atom is -0.354 e. The first kappa shape index (κ1) is 22.6. The zero-order chi connectivity index (χ0) is 23.7. The van der Waals surface area contributed by atoms with E-state index in [1.807, 2.05) is 13.0 Å². The summed E-state index contributed by atoms with van der Waals surface area (Å²) < 4.78 is 15.7. The number of hydrogen-bond acceptors (Lipinski definition) is 5. The standard InChI is InChI=1S/C24H26FN5O3/c1-4-30-23(32)21-18(25)11-15(12-20(21)28-24(30)33)13-29-9-7-16(8-10-29)17-5-6-19(22(31)26-3)27-14(17)2/h5-7,11-12H,4,8-10,13H2,1-3H3,(H,26,31)(H,28,33). The lowest BCUT2D eigenvalue weighted by Crippen LogP contribution is -2.35. The van der Waals surface area contributed by atoms with Crippen LogP contribution in [0, 0.1) is 12.7 Å². The van der Waals surface area contributed by atoms with E-state index in [0.29, 0.717) is 24.3 Å². The lowest BCUT2D eigenvalue weighted by molar-refractivity contribution is 0.0958. The molecule has 0 saturated carbocycles. The Morgan fingerprint density at radius 1 is 1.27 bits per heavy atom. The first-order valence-corrected chi connectivity index (χ1v) is 10.9. The van der Waals surface area contributed by atoms with E-state index in [0.717, 1.165) is 34.4 Å². The second kappa shape index (κ2) is 9.11. The average molecular weight is 452 g/mol. The van der Waals surface area contributed by atoms with Gasteiger partial charge >= 0.3 is 5.69 Å². The van der Waals surface area contributed by atoms with E-state index in [9.17, 15) is 18.8 Å². The maximum Gasteiger partial charge on any atom is 0.328 e. The van der Waals surface area contributed by atoms with Crippen LogP contribution in [-0.2, 0) is 13.1 Å². The van der Waals surface area contributed by atoms with E-state index in [4.69, 9.17) is 0 Å². The number of fused-ring (bicyclic) bond motifs is 1. The zero-order valence-corrected chi connectivity index (χ0v) is 18.9. The highest BCUT2D eigenvalue weighted by molar-refractivity contribution is 5.92. The van der Waals surface area contributed by atoms with E-state index in [1.165, 1.54) is 6.07 Å². The Morgan fingerprint density at radius 2 is 2.06 bits per heavy atom. The third-order valence-electron chi connectivity index (χ3n) is 6.00. The van der Waals surface area contributed by atoms with Crippen molar-refractivity contribution in [3.63, 3.8) is 0 Å². The fourth-order valence-corrected chi connectivity index (χ4v) is 4.28. The Hall–Kier alpha value is -3.59. The Balaban J connectivity index is 1.54. The number of carbonyl (C=O) groups is 1. The van der Waals surface area contributed by atoms with Gasteiger partial charge in [0.05, 0.1) is 10.9 Å². The molecule has 172 valence electrons. The van der Waals surface area contributed by atoms with Gasteiger partial charge in [0, 0.05) is 38.9 Å². The van der Waals surface area contributed by atoms with Gasteiger partial charge in [0.25, 0.3) is 11.5 Å². The van der Waals surface area contributed by atoms with Gasteiger partial charge in [-0.1, -0.05) is 12.1 Å². The molecule has 2 aromatic heterocycles. The Kier molecular flexibility index (Phi) is 6.24. The van der Waals surface area contributed by atoms with Crippen LogP contribution in [0.1, 0.15) is 40.7 Å². The van der Waals surface area contributed by atoms with Crippen molar-refractivity contribution in [3.05, 3.63) is 79.5 Å². The number of nitrogens with zero attached hydrogens (tertiary/aromatic N) is 3. The summed E-state index contributed by atoms with van der Waals surface area (Å²) in [6, 6.07) is 6.69. The molecule has 0 fully saturated rings. The largest absolute Gasteiger partial charge is 0.354 e. The summed E-state index contributed by atoms with van der Waals surface area (Å²) >= 11 is 0. The molecule has 3 aromatic rings. The molecule has 9 heteroatoms. The van der Waals surface area contributed by atoms with Gasteiger partial charge < -0.3 is 10.3 Å². The van der Waals surface area contributed by atoms with Gasteiger partial charge in [0.2, 0.25) is 0 Å². The zero-order valence-electron chi connectivity index (χ0n) is 18.9. The molecule has 0 aliphatic carbocycles. The predicted octanol–water partition coefficient (Wildman–Crippen LogP) is 2.20. The molecule has 0 spiro atoms. The van der Waals surface area contributed by atoms with Gasteiger partial charge in [-0.3, -0.25) is 19.1 Å². The highest BCUT2D eigenvalue weighted by atomic mass is 19.1. The quantitative estimate of drug-likeness (QED) is 0.620. The predicted molar refractivity (Wildman–Crippen MR) is 125 cm³/mol. The van der Waals surface area contributed by atoms with Crippen LogP contribution in [0.2, 0.25) is 0 Å². The maximum atomic E-state index is 14.8. The molecular weight excluding hydrogens is 425 g/mol. The lowest BCUT2D eigenvalue weighted by atomic mass is 9.97. The van der Waals surface area contributed by atoms with E-state index in [2.05, 4.69) is 26.3 Å². The second-order valence-electron chi connectivity index (χ2n) is 8.10. The van der Waals surface area contributed by atoms with Crippen molar-refractivity contribution in [2.45, 2.75) is 33.4 Å². The number of rotatable bonds is 5. The Labute approximate surface area is 189 Å². The molecule has 0 atom stereocenters. The molecule has 8 nitrogen and oxygen atoms in total. The number of benzene rings is 1. The highest BCUT2D eigenvalue weighted by Crippen LogP contribution is 2.26. The van der Waals surface area contributed by atoms with Crippen molar-refractivity contribution in [2.75, 3.05) is 20.1 Å². The number of halogens is 1. The van der Waals surface area contributed by atoms with Gasteiger partial charge in [-0.15, -0.1) is 0 Å². The van der Waals surface area contributed by atoms with Crippen LogP contribution in [0.15, 0.2) is 39.9 Å². The first-order valence-electron chi connectivity index (χ1n) is 10.9. The fourth-order valence-electron chi connectivity index (χ4n) is 4.28. The van der Waals surface area contributed by atoms with E-state index in [-0.39, 0.29) is 23.4 Å². The average Bonchev–Trinajstić information content (AvgIpc) is 2.79. The SMILES string of the molecule is CCn1c(=O)[nH]c2cc(CN3CC=C(c4ccc(C(=O)NC)nc4C)CC3)cc(F)c2c1=O. The normalized spacial score (nSPS) is 14.4. The lowest BCUT2D eigenvalue weighted by Gasteiger charge is -2.27.